The van der Waals surface area contributed by atoms with E-state index in [2.05, 4.69) is 20.9 Å². The van der Waals surface area contributed by atoms with Crippen molar-refractivity contribution >= 4 is 34.6 Å². The molecule has 1 aromatic heterocycles. The van der Waals surface area contributed by atoms with Crippen LogP contribution in [0.3, 0.4) is 0 Å². The van der Waals surface area contributed by atoms with Gasteiger partial charge in [0.2, 0.25) is 17.7 Å². The summed E-state index contributed by atoms with van der Waals surface area (Å²) in [5.41, 5.74) is 9.05. The lowest BCUT2D eigenvalue weighted by molar-refractivity contribution is -0.142. The third-order valence-corrected chi connectivity index (χ3v) is 6.80. The highest BCUT2D eigenvalue weighted by Gasteiger charge is 2.28. The Balaban J connectivity index is 1.43. The molecule has 4 rings (SSSR count). The molecular weight excluding hydrogens is 538 g/mol. The molecule has 3 aromatic carbocycles. The van der Waals surface area contributed by atoms with Crippen LogP contribution < -0.4 is 21.7 Å². The van der Waals surface area contributed by atoms with Crippen LogP contribution in [0.15, 0.2) is 85.1 Å². The van der Waals surface area contributed by atoms with E-state index in [1.54, 1.807) is 42.6 Å². The fraction of sp³-hybridized carbons (Fsp3) is 0.226. The number of phenols is 1. The summed E-state index contributed by atoms with van der Waals surface area (Å²) in [5, 5.41) is 27.7. The third kappa shape index (κ3) is 8.18. The SMILES string of the molecule is NC(Cc1ccc(O)cc1)C(=O)NCC(=O)NC(Cc1c[nH]c2ccccc12)C(=O)NC(Cc1ccccc1)C(=O)O. The van der Waals surface area contributed by atoms with Gasteiger partial charge in [0.1, 0.15) is 17.8 Å². The number of carbonyl (C=O) groups excluding carboxylic acids is 3. The van der Waals surface area contributed by atoms with Crippen LogP contribution in [0, 0.1) is 0 Å². The number of nitrogens with two attached hydrogens (primary N) is 1. The van der Waals surface area contributed by atoms with E-state index in [4.69, 9.17) is 5.73 Å². The number of rotatable bonds is 13. The Labute approximate surface area is 242 Å². The molecule has 0 saturated heterocycles. The number of fused-ring (bicyclic) bond motifs is 1. The molecule has 4 aromatic rings. The molecule has 0 radical (unpaired) electrons. The van der Waals surface area contributed by atoms with Crippen molar-refractivity contribution in [3.05, 3.63) is 102 Å². The standard InChI is InChI=1S/C31H33N5O6/c32-24(14-20-10-12-22(37)13-11-20)29(39)34-18-28(38)35-26(16-21-17-33-25-9-5-4-8-23(21)25)30(40)36-27(31(41)42)15-19-6-2-1-3-7-19/h1-13,17,24,26-27,33,37H,14-16,18,32H2,(H,34,39)(H,35,38)(H,36,40)(H,41,42). The summed E-state index contributed by atoms with van der Waals surface area (Å²) in [6, 6.07) is 19.3. The number of phenolic OH excluding ortho intramolecular Hbond substituents is 1. The molecule has 3 unspecified atom stereocenters. The zero-order chi connectivity index (χ0) is 30.1. The van der Waals surface area contributed by atoms with Crippen LogP contribution in [0.2, 0.25) is 0 Å². The van der Waals surface area contributed by atoms with Crippen LogP contribution in [0.1, 0.15) is 16.7 Å². The summed E-state index contributed by atoms with van der Waals surface area (Å²) in [6.07, 6.45) is 2.06. The fourth-order valence-corrected chi connectivity index (χ4v) is 4.57. The number of hydrogen-bond donors (Lipinski definition) is 7. The summed E-state index contributed by atoms with van der Waals surface area (Å²) >= 11 is 0. The lowest BCUT2D eigenvalue weighted by Gasteiger charge is -2.22. The number of carboxylic acid groups (broad SMARTS) is 1. The van der Waals surface area contributed by atoms with Gasteiger partial charge in [-0.2, -0.15) is 0 Å². The van der Waals surface area contributed by atoms with Crippen LogP contribution in [-0.2, 0) is 38.4 Å². The van der Waals surface area contributed by atoms with Crippen molar-refractivity contribution in [2.24, 2.45) is 5.73 Å². The van der Waals surface area contributed by atoms with E-state index in [0.29, 0.717) is 0 Å². The predicted molar refractivity (Wildman–Crippen MR) is 156 cm³/mol. The second kappa shape index (κ2) is 14.0. The Bertz CT molecular complexity index is 1540. The molecule has 11 heteroatoms. The van der Waals surface area contributed by atoms with Crippen molar-refractivity contribution in [2.45, 2.75) is 37.4 Å². The summed E-state index contributed by atoms with van der Waals surface area (Å²) in [6.45, 7) is -0.438. The van der Waals surface area contributed by atoms with Gasteiger partial charge >= 0.3 is 5.97 Å². The van der Waals surface area contributed by atoms with E-state index in [0.717, 1.165) is 27.6 Å². The maximum absolute atomic E-state index is 13.4. The minimum Gasteiger partial charge on any atom is -0.508 e. The van der Waals surface area contributed by atoms with Gasteiger partial charge < -0.3 is 36.9 Å². The Hall–Kier alpha value is -5.16. The van der Waals surface area contributed by atoms with E-state index in [1.165, 1.54) is 12.1 Å². The van der Waals surface area contributed by atoms with Crippen molar-refractivity contribution in [3.63, 3.8) is 0 Å². The minimum absolute atomic E-state index is 0.0602. The van der Waals surface area contributed by atoms with Gasteiger partial charge in [-0.05, 0) is 41.3 Å². The second-order valence-electron chi connectivity index (χ2n) is 9.97. The minimum atomic E-state index is -1.22. The molecule has 0 aliphatic rings. The van der Waals surface area contributed by atoms with Gasteiger partial charge in [0.25, 0.3) is 0 Å². The number of nitrogens with one attached hydrogen (secondary N) is 4. The number of aromatic hydroxyl groups is 1. The largest absolute Gasteiger partial charge is 0.508 e. The van der Waals surface area contributed by atoms with Gasteiger partial charge in [-0.3, -0.25) is 14.4 Å². The third-order valence-electron chi connectivity index (χ3n) is 6.80. The van der Waals surface area contributed by atoms with E-state index < -0.39 is 48.4 Å². The van der Waals surface area contributed by atoms with Gasteiger partial charge in [-0.25, -0.2) is 4.79 Å². The number of para-hydroxylation sites is 1. The molecule has 0 fully saturated rings. The molecule has 0 spiro atoms. The van der Waals surface area contributed by atoms with E-state index in [1.807, 2.05) is 30.3 Å². The van der Waals surface area contributed by atoms with Gasteiger partial charge in [-0.1, -0.05) is 60.7 Å². The highest BCUT2D eigenvalue weighted by Crippen LogP contribution is 2.19. The number of carboxylic acids is 1. The van der Waals surface area contributed by atoms with Crippen molar-refractivity contribution in [1.29, 1.82) is 0 Å². The van der Waals surface area contributed by atoms with Crippen molar-refractivity contribution < 1.29 is 29.4 Å². The van der Waals surface area contributed by atoms with E-state index in [-0.39, 0.29) is 25.0 Å². The molecular formula is C31H33N5O6. The van der Waals surface area contributed by atoms with Crippen LogP contribution in [0.5, 0.6) is 5.75 Å². The van der Waals surface area contributed by atoms with Gasteiger partial charge in [0, 0.05) is 29.9 Å². The first kappa shape index (κ1) is 29.8. The second-order valence-corrected chi connectivity index (χ2v) is 9.97. The zero-order valence-corrected chi connectivity index (χ0v) is 22.7. The molecule has 8 N–H and O–H groups in total. The maximum atomic E-state index is 13.4. The van der Waals surface area contributed by atoms with E-state index >= 15 is 0 Å². The van der Waals surface area contributed by atoms with Crippen LogP contribution in [0.4, 0.5) is 0 Å². The lowest BCUT2D eigenvalue weighted by Crippen LogP contribution is -2.55. The summed E-state index contributed by atoms with van der Waals surface area (Å²) in [4.78, 5) is 53.9. The molecule has 0 bridgehead atoms. The van der Waals surface area contributed by atoms with Crippen LogP contribution in [0.25, 0.3) is 10.9 Å². The quantitative estimate of drug-likeness (QED) is 0.126. The molecule has 11 nitrogen and oxygen atoms in total. The number of aromatic amines is 1. The number of aliphatic carboxylic acids is 1. The number of hydrogen-bond acceptors (Lipinski definition) is 6. The van der Waals surface area contributed by atoms with Crippen molar-refractivity contribution in [1.82, 2.24) is 20.9 Å². The molecule has 0 aliphatic carbocycles. The lowest BCUT2D eigenvalue weighted by atomic mass is 10.0. The summed E-state index contributed by atoms with van der Waals surface area (Å²) < 4.78 is 0. The number of H-pyrrole nitrogens is 1. The highest BCUT2D eigenvalue weighted by atomic mass is 16.4. The first-order valence-electron chi connectivity index (χ1n) is 13.4. The molecule has 218 valence electrons. The van der Waals surface area contributed by atoms with Crippen molar-refractivity contribution in [2.75, 3.05) is 6.54 Å². The zero-order valence-electron chi connectivity index (χ0n) is 22.7. The molecule has 3 atom stereocenters. The molecule has 0 saturated carbocycles. The predicted octanol–water partition coefficient (Wildman–Crippen LogP) is 1.40. The number of aromatic nitrogens is 1. The number of amides is 3. The smallest absolute Gasteiger partial charge is 0.326 e. The van der Waals surface area contributed by atoms with Gasteiger partial charge in [0.15, 0.2) is 0 Å². The average molecular weight is 572 g/mol. The van der Waals surface area contributed by atoms with Gasteiger partial charge in [-0.15, -0.1) is 0 Å². The molecule has 1 heterocycles. The first-order valence-corrected chi connectivity index (χ1v) is 13.4. The summed E-state index contributed by atoms with van der Waals surface area (Å²) in [7, 11) is 0. The normalized spacial score (nSPS) is 13.1. The molecule has 0 aliphatic heterocycles. The topological polar surface area (TPSA) is 187 Å². The summed E-state index contributed by atoms with van der Waals surface area (Å²) in [5.74, 6) is -3.00. The Morgan fingerprint density at radius 3 is 2.14 bits per heavy atom. The Kier molecular flexibility index (Phi) is 9.90. The molecule has 3 amide bonds. The average Bonchev–Trinajstić information content (AvgIpc) is 3.39. The molecule has 42 heavy (non-hydrogen) atoms. The Morgan fingerprint density at radius 2 is 1.43 bits per heavy atom. The first-order chi connectivity index (χ1) is 20.2. The number of carbonyl (C=O) groups is 4. The van der Waals surface area contributed by atoms with Crippen molar-refractivity contribution in [3.8, 4) is 5.75 Å². The van der Waals surface area contributed by atoms with Crippen LogP contribution >= 0.6 is 0 Å². The van der Waals surface area contributed by atoms with E-state index in [9.17, 15) is 29.4 Å². The Morgan fingerprint density at radius 1 is 0.762 bits per heavy atom. The van der Waals surface area contributed by atoms with Crippen LogP contribution in [-0.4, -0.2) is 63.6 Å². The highest BCUT2D eigenvalue weighted by molar-refractivity contribution is 5.93. The number of benzene rings is 3. The fourth-order valence-electron chi connectivity index (χ4n) is 4.57. The monoisotopic (exact) mass is 571 g/mol. The van der Waals surface area contributed by atoms with Gasteiger partial charge in [0.05, 0.1) is 12.6 Å². The maximum Gasteiger partial charge on any atom is 0.326 e.